The van der Waals surface area contributed by atoms with Crippen LogP contribution in [0, 0.1) is 0 Å². The molecule has 1 aliphatic carbocycles. The molecule has 0 unspecified atom stereocenters. The molecule has 0 aliphatic heterocycles. The lowest BCUT2D eigenvalue weighted by Crippen LogP contribution is -2.40. The summed E-state index contributed by atoms with van der Waals surface area (Å²) in [7, 11) is 1.91. The average Bonchev–Trinajstić information content (AvgIpc) is 2.73. The van der Waals surface area contributed by atoms with Crippen LogP contribution in [0.3, 0.4) is 0 Å². The van der Waals surface area contributed by atoms with Crippen LogP contribution < -0.4 is 5.73 Å². The molecular formula is C12H23N5. The molecule has 17 heavy (non-hydrogen) atoms. The van der Waals surface area contributed by atoms with Crippen LogP contribution in [0.25, 0.3) is 0 Å². The van der Waals surface area contributed by atoms with E-state index in [2.05, 4.69) is 22.1 Å². The molecule has 2 N–H and O–H groups in total. The van der Waals surface area contributed by atoms with Gasteiger partial charge in [-0.05, 0) is 32.2 Å². The van der Waals surface area contributed by atoms with Crippen LogP contribution in [0.2, 0.25) is 0 Å². The molecule has 1 fully saturated rings. The van der Waals surface area contributed by atoms with Gasteiger partial charge < -0.3 is 5.73 Å². The van der Waals surface area contributed by atoms with E-state index in [4.69, 9.17) is 5.73 Å². The van der Waals surface area contributed by atoms with Gasteiger partial charge in [0, 0.05) is 31.9 Å². The predicted octanol–water partition coefficient (Wildman–Crippen LogP) is 0.907. The van der Waals surface area contributed by atoms with Crippen molar-refractivity contribution in [2.24, 2.45) is 12.8 Å². The Balaban J connectivity index is 1.92. The molecule has 1 heterocycles. The van der Waals surface area contributed by atoms with Gasteiger partial charge in [0.05, 0.1) is 5.69 Å². The first-order chi connectivity index (χ1) is 8.19. The number of nitrogens with two attached hydrogens (primary N) is 1. The standard InChI is InChI=1S/C12H23N5/c1-3-17(9-11-8-16(2)15-14-11)12-6-4-10(13)5-7-12/h8,10,12H,3-7,9,13H2,1-2H3. The quantitative estimate of drug-likeness (QED) is 0.845. The fourth-order valence-corrected chi connectivity index (χ4v) is 2.64. The number of rotatable bonds is 4. The van der Waals surface area contributed by atoms with Gasteiger partial charge in [0.2, 0.25) is 0 Å². The highest BCUT2D eigenvalue weighted by atomic mass is 15.4. The van der Waals surface area contributed by atoms with Crippen LogP contribution in [0.1, 0.15) is 38.3 Å². The van der Waals surface area contributed by atoms with Gasteiger partial charge in [0.15, 0.2) is 0 Å². The second kappa shape index (κ2) is 5.60. The summed E-state index contributed by atoms with van der Waals surface area (Å²) in [5.74, 6) is 0. The van der Waals surface area contributed by atoms with Crippen LogP contribution in [0.5, 0.6) is 0 Å². The van der Waals surface area contributed by atoms with E-state index in [0.717, 1.165) is 31.6 Å². The van der Waals surface area contributed by atoms with Crippen LogP contribution in [0.15, 0.2) is 6.20 Å². The Morgan fingerprint density at radius 2 is 2.12 bits per heavy atom. The van der Waals surface area contributed by atoms with E-state index in [9.17, 15) is 0 Å². The van der Waals surface area contributed by atoms with E-state index in [1.807, 2.05) is 13.2 Å². The number of hydrogen-bond donors (Lipinski definition) is 1. The average molecular weight is 237 g/mol. The highest BCUT2D eigenvalue weighted by Crippen LogP contribution is 2.23. The number of aromatic nitrogens is 3. The summed E-state index contributed by atoms with van der Waals surface area (Å²) in [5.41, 5.74) is 7.01. The molecule has 0 bridgehead atoms. The van der Waals surface area contributed by atoms with Crippen molar-refractivity contribution in [3.05, 3.63) is 11.9 Å². The lowest BCUT2D eigenvalue weighted by atomic mass is 9.90. The van der Waals surface area contributed by atoms with E-state index < -0.39 is 0 Å². The van der Waals surface area contributed by atoms with Gasteiger partial charge in [0.25, 0.3) is 0 Å². The fraction of sp³-hybridized carbons (Fsp3) is 0.833. The van der Waals surface area contributed by atoms with Crippen molar-refractivity contribution >= 4 is 0 Å². The smallest absolute Gasteiger partial charge is 0.0967 e. The Morgan fingerprint density at radius 1 is 1.41 bits per heavy atom. The molecule has 0 amide bonds. The first kappa shape index (κ1) is 12.5. The first-order valence-corrected chi connectivity index (χ1v) is 6.54. The van der Waals surface area contributed by atoms with Crippen LogP contribution in [-0.4, -0.2) is 38.5 Å². The third-order valence-electron chi connectivity index (χ3n) is 3.68. The summed E-state index contributed by atoms with van der Waals surface area (Å²) in [6.45, 7) is 4.19. The van der Waals surface area contributed by atoms with Crippen molar-refractivity contribution < 1.29 is 0 Å². The zero-order valence-corrected chi connectivity index (χ0v) is 10.8. The van der Waals surface area contributed by atoms with E-state index in [1.54, 1.807) is 4.68 Å². The molecule has 0 spiro atoms. The monoisotopic (exact) mass is 237 g/mol. The molecule has 0 aromatic carbocycles. The molecule has 1 aliphatic rings. The molecule has 1 aromatic rings. The number of hydrogen-bond acceptors (Lipinski definition) is 4. The van der Waals surface area contributed by atoms with Gasteiger partial charge in [-0.1, -0.05) is 12.1 Å². The zero-order valence-electron chi connectivity index (χ0n) is 10.8. The van der Waals surface area contributed by atoms with Crippen molar-refractivity contribution in [2.75, 3.05) is 6.54 Å². The highest BCUT2D eigenvalue weighted by Gasteiger charge is 2.23. The van der Waals surface area contributed by atoms with E-state index in [-0.39, 0.29) is 0 Å². The van der Waals surface area contributed by atoms with E-state index in [1.165, 1.54) is 12.8 Å². The van der Waals surface area contributed by atoms with Crippen LogP contribution >= 0.6 is 0 Å². The van der Waals surface area contributed by atoms with Gasteiger partial charge in [-0.15, -0.1) is 5.10 Å². The molecule has 1 aromatic heterocycles. The van der Waals surface area contributed by atoms with Crippen molar-refractivity contribution in [3.63, 3.8) is 0 Å². The van der Waals surface area contributed by atoms with Crippen molar-refractivity contribution in [2.45, 2.75) is 51.2 Å². The second-order valence-corrected chi connectivity index (χ2v) is 5.02. The van der Waals surface area contributed by atoms with Crippen molar-refractivity contribution in [1.29, 1.82) is 0 Å². The third kappa shape index (κ3) is 3.26. The van der Waals surface area contributed by atoms with E-state index in [0.29, 0.717) is 12.1 Å². The van der Waals surface area contributed by atoms with Crippen LogP contribution in [0.4, 0.5) is 0 Å². The fourth-order valence-electron chi connectivity index (χ4n) is 2.64. The predicted molar refractivity (Wildman–Crippen MR) is 67.3 cm³/mol. The minimum atomic E-state index is 0.418. The highest BCUT2D eigenvalue weighted by molar-refractivity contribution is 4.93. The van der Waals surface area contributed by atoms with Gasteiger partial charge in [0.1, 0.15) is 0 Å². The second-order valence-electron chi connectivity index (χ2n) is 5.02. The summed E-state index contributed by atoms with van der Waals surface area (Å²) < 4.78 is 1.76. The third-order valence-corrected chi connectivity index (χ3v) is 3.68. The SMILES string of the molecule is CCN(Cc1cn(C)nn1)C1CCC(N)CC1. The van der Waals surface area contributed by atoms with Crippen molar-refractivity contribution in [1.82, 2.24) is 19.9 Å². The Morgan fingerprint density at radius 3 is 2.65 bits per heavy atom. The summed E-state index contributed by atoms with van der Waals surface area (Å²) >= 11 is 0. The molecular weight excluding hydrogens is 214 g/mol. The molecule has 0 radical (unpaired) electrons. The Labute approximate surface area is 103 Å². The molecule has 0 saturated heterocycles. The molecule has 5 nitrogen and oxygen atoms in total. The Kier molecular flexibility index (Phi) is 4.12. The maximum absolute atomic E-state index is 5.95. The lowest BCUT2D eigenvalue weighted by molar-refractivity contribution is 0.147. The summed E-state index contributed by atoms with van der Waals surface area (Å²) in [5, 5.41) is 8.14. The largest absolute Gasteiger partial charge is 0.328 e. The number of nitrogens with zero attached hydrogens (tertiary/aromatic N) is 4. The van der Waals surface area contributed by atoms with Crippen molar-refractivity contribution in [3.8, 4) is 0 Å². The van der Waals surface area contributed by atoms with Crippen LogP contribution in [-0.2, 0) is 13.6 Å². The first-order valence-electron chi connectivity index (χ1n) is 6.54. The maximum atomic E-state index is 5.95. The minimum Gasteiger partial charge on any atom is -0.328 e. The lowest BCUT2D eigenvalue weighted by Gasteiger charge is -2.34. The van der Waals surface area contributed by atoms with Gasteiger partial charge in [-0.3, -0.25) is 9.58 Å². The van der Waals surface area contributed by atoms with E-state index >= 15 is 0 Å². The topological polar surface area (TPSA) is 60.0 Å². The normalized spacial score (nSPS) is 25.4. The molecule has 96 valence electrons. The molecule has 5 heteroatoms. The van der Waals surface area contributed by atoms with Gasteiger partial charge >= 0.3 is 0 Å². The van der Waals surface area contributed by atoms with Gasteiger partial charge in [-0.2, -0.15) is 0 Å². The Hall–Kier alpha value is -0.940. The minimum absolute atomic E-state index is 0.418. The van der Waals surface area contributed by atoms with Gasteiger partial charge in [-0.25, -0.2) is 0 Å². The molecule has 0 atom stereocenters. The summed E-state index contributed by atoms with van der Waals surface area (Å²) in [4.78, 5) is 2.50. The zero-order chi connectivity index (χ0) is 12.3. The molecule has 2 rings (SSSR count). The summed E-state index contributed by atoms with van der Waals surface area (Å²) in [6.07, 6.45) is 6.74. The molecule has 1 saturated carbocycles. The number of aryl methyl sites for hydroxylation is 1. The summed E-state index contributed by atoms with van der Waals surface area (Å²) in [6, 6.07) is 1.09. The maximum Gasteiger partial charge on any atom is 0.0967 e. The Bertz CT molecular complexity index is 340.